The first kappa shape index (κ1) is 10.5. The molecule has 0 aromatic carbocycles. The largest absolute Gasteiger partial charge is 0.406 e. The van der Waals surface area contributed by atoms with E-state index in [2.05, 4.69) is 0 Å². The number of fused-ring (bicyclic) bond motifs is 1. The number of aromatic nitrogens is 1. The second-order valence-corrected chi connectivity index (χ2v) is 3.87. The van der Waals surface area contributed by atoms with E-state index in [9.17, 15) is 18.3 Å². The van der Waals surface area contributed by atoms with E-state index in [4.69, 9.17) is 0 Å². The van der Waals surface area contributed by atoms with Gasteiger partial charge in [-0.25, -0.2) is 0 Å². The smallest absolute Gasteiger partial charge is 0.388 e. The molecular weight excluding hydrogens is 207 g/mol. The molecular formula is C10H12F3NO. The zero-order valence-electron chi connectivity index (χ0n) is 8.09. The van der Waals surface area contributed by atoms with Crippen molar-refractivity contribution in [2.24, 2.45) is 0 Å². The van der Waals surface area contributed by atoms with Crippen LogP contribution < -0.4 is 0 Å². The molecule has 1 aromatic heterocycles. The Kier molecular flexibility index (Phi) is 2.50. The van der Waals surface area contributed by atoms with Gasteiger partial charge in [-0.1, -0.05) is 0 Å². The molecule has 0 radical (unpaired) electrons. The molecule has 0 spiro atoms. The molecule has 1 unspecified atom stereocenters. The zero-order chi connectivity index (χ0) is 11.1. The number of rotatable bonds is 1. The van der Waals surface area contributed by atoms with Gasteiger partial charge in [0.25, 0.3) is 0 Å². The first-order valence-electron chi connectivity index (χ1n) is 4.90. The Labute approximate surface area is 85.3 Å². The van der Waals surface area contributed by atoms with Gasteiger partial charge >= 0.3 is 6.18 Å². The van der Waals surface area contributed by atoms with Gasteiger partial charge in [0, 0.05) is 17.5 Å². The standard InChI is InChI=1S/C10H12F3NO/c11-10(12,13)6-14-5-4-7-8(14)2-1-3-9(7)15/h4-5,9,15H,1-3,6H2. The molecule has 1 heterocycles. The minimum atomic E-state index is -4.20. The summed E-state index contributed by atoms with van der Waals surface area (Å²) in [6, 6.07) is 1.59. The molecule has 2 nitrogen and oxygen atoms in total. The van der Waals surface area contributed by atoms with E-state index in [-0.39, 0.29) is 0 Å². The van der Waals surface area contributed by atoms with Crippen molar-refractivity contribution in [3.05, 3.63) is 23.5 Å². The van der Waals surface area contributed by atoms with Gasteiger partial charge in [-0.2, -0.15) is 13.2 Å². The number of aliphatic hydroxyl groups is 1. The van der Waals surface area contributed by atoms with Crippen molar-refractivity contribution >= 4 is 0 Å². The Hall–Kier alpha value is -0.970. The number of nitrogens with zero attached hydrogens (tertiary/aromatic N) is 1. The lowest BCUT2D eigenvalue weighted by Gasteiger charge is -2.20. The SMILES string of the molecule is OC1CCCc2c1ccn2CC(F)(F)F. The molecule has 1 atom stereocenters. The van der Waals surface area contributed by atoms with E-state index in [0.717, 1.165) is 6.42 Å². The fourth-order valence-electron chi connectivity index (χ4n) is 2.07. The number of hydrogen-bond donors (Lipinski definition) is 1. The van der Waals surface area contributed by atoms with Crippen LogP contribution in [0.5, 0.6) is 0 Å². The van der Waals surface area contributed by atoms with Crippen molar-refractivity contribution in [2.45, 2.75) is 38.1 Å². The van der Waals surface area contributed by atoms with Gasteiger partial charge in [0.05, 0.1) is 6.10 Å². The molecule has 0 fully saturated rings. The predicted molar refractivity (Wildman–Crippen MR) is 48.4 cm³/mol. The average Bonchev–Trinajstić information content (AvgIpc) is 2.48. The van der Waals surface area contributed by atoms with Crippen LogP contribution in [-0.2, 0) is 13.0 Å². The molecule has 0 saturated carbocycles. The highest BCUT2D eigenvalue weighted by molar-refractivity contribution is 5.27. The van der Waals surface area contributed by atoms with Crippen molar-refractivity contribution in [1.82, 2.24) is 4.57 Å². The molecule has 0 saturated heterocycles. The van der Waals surface area contributed by atoms with Gasteiger partial charge in [-0.3, -0.25) is 0 Å². The van der Waals surface area contributed by atoms with E-state index >= 15 is 0 Å². The van der Waals surface area contributed by atoms with E-state index in [1.807, 2.05) is 0 Å². The number of hydrogen-bond acceptors (Lipinski definition) is 1. The lowest BCUT2D eigenvalue weighted by Crippen LogP contribution is -2.20. The summed E-state index contributed by atoms with van der Waals surface area (Å²) in [6.07, 6.45) is -1.38. The minimum Gasteiger partial charge on any atom is -0.388 e. The van der Waals surface area contributed by atoms with Crippen molar-refractivity contribution in [1.29, 1.82) is 0 Å². The van der Waals surface area contributed by atoms with E-state index in [1.54, 1.807) is 6.07 Å². The number of aliphatic hydroxyl groups excluding tert-OH is 1. The molecule has 0 aliphatic heterocycles. The maximum Gasteiger partial charge on any atom is 0.406 e. The first-order valence-corrected chi connectivity index (χ1v) is 4.90. The van der Waals surface area contributed by atoms with Crippen LogP contribution in [0.3, 0.4) is 0 Å². The van der Waals surface area contributed by atoms with E-state index in [0.29, 0.717) is 24.1 Å². The molecule has 15 heavy (non-hydrogen) atoms. The molecule has 0 bridgehead atoms. The fraction of sp³-hybridized carbons (Fsp3) is 0.600. The average molecular weight is 219 g/mol. The molecule has 1 aliphatic rings. The molecule has 5 heteroatoms. The summed E-state index contributed by atoms with van der Waals surface area (Å²) in [4.78, 5) is 0. The fourth-order valence-corrected chi connectivity index (χ4v) is 2.07. The minimum absolute atomic E-state index is 0.594. The third-order valence-electron chi connectivity index (χ3n) is 2.71. The number of alkyl halides is 3. The van der Waals surface area contributed by atoms with Crippen LogP contribution >= 0.6 is 0 Å². The monoisotopic (exact) mass is 219 g/mol. The molecule has 84 valence electrons. The summed E-state index contributed by atoms with van der Waals surface area (Å²) in [5.41, 5.74) is 1.29. The normalized spacial score (nSPS) is 21.5. The maximum absolute atomic E-state index is 12.2. The molecule has 0 amide bonds. The summed E-state index contributed by atoms with van der Waals surface area (Å²) < 4.78 is 37.8. The Morgan fingerprint density at radius 2 is 2.20 bits per heavy atom. The molecule has 2 rings (SSSR count). The Balaban J connectivity index is 2.27. The van der Waals surface area contributed by atoms with Crippen LogP contribution in [0.25, 0.3) is 0 Å². The topological polar surface area (TPSA) is 25.2 Å². The van der Waals surface area contributed by atoms with Gasteiger partial charge in [-0.05, 0) is 25.3 Å². The van der Waals surface area contributed by atoms with E-state index < -0.39 is 18.8 Å². The second kappa shape index (κ2) is 3.56. The predicted octanol–water partition coefficient (Wildman–Crippen LogP) is 2.42. The van der Waals surface area contributed by atoms with Gasteiger partial charge in [-0.15, -0.1) is 0 Å². The summed E-state index contributed by atoms with van der Waals surface area (Å²) >= 11 is 0. The second-order valence-electron chi connectivity index (χ2n) is 3.87. The molecule has 1 aromatic rings. The number of halogens is 3. The highest BCUT2D eigenvalue weighted by Crippen LogP contribution is 2.31. The first-order chi connectivity index (χ1) is 6.97. The van der Waals surface area contributed by atoms with Gasteiger partial charge < -0.3 is 9.67 Å². The Bertz CT molecular complexity index is 356. The van der Waals surface area contributed by atoms with Crippen LogP contribution in [-0.4, -0.2) is 15.8 Å². The molecule has 1 N–H and O–H groups in total. The van der Waals surface area contributed by atoms with Gasteiger partial charge in [0.1, 0.15) is 6.54 Å². The van der Waals surface area contributed by atoms with Crippen molar-refractivity contribution in [3.63, 3.8) is 0 Å². The summed E-state index contributed by atoms with van der Waals surface area (Å²) in [5, 5.41) is 9.58. The van der Waals surface area contributed by atoms with Crippen molar-refractivity contribution in [2.75, 3.05) is 0 Å². The summed E-state index contributed by atoms with van der Waals surface area (Å²) in [5.74, 6) is 0. The molecule has 1 aliphatic carbocycles. The lowest BCUT2D eigenvalue weighted by atomic mass is 9.95. The zero-order valence-corrected chi connectivity index (χ0v) is 8.09. The van der Waals surface area contributed by atoms with Crippen LogP contribution in [0.2, 0.25) is 0 Å². The van der Waals surface area contributed by atoms with Crippen LogP contribution in [0.1, 0.15) is 30.2 Å². The summed E-state index contributed by atoms with van der Waals surface area (Å²) in [7, 11) is 0. The summed E-state index contributed by atoms with van der Waals surface area (Å²) in [6.45, 7) is -0.963. The quantitative estimate of drug-likeness (QED) is 0.771. The van der Waals surface area contributed by atoms with Gasteiger partial charge in [0.2, 0.25) is 0 Å². The lowest BCUT2D eigenvalue weighted by molar-refractivity contribution is -0.141. The van der Waals surface area contributed by atoms with E-state index in [1.165, 1.54) is 10.8 Å². The third-order valence-corrected chi connectivity index (χ3v) is 2.71. The van der Waals surface area contributed by atoms with Crippen LogP contribution in [0, 0.1) is 0 Å². The van der Waals surface area contributed by atoms with Crippen molar-refractivity contribution in [3.8, 4) is 0 Å². The Morgan fingerprint density at radius 1 is 1.47 bits per heavy atom. The third kappa shape index (κ3) is 2.17. The Morgan fingerprint density at radius 3 is 2.87 bits per heavy atom. The van der Waals surface area contributed by atoms with Gasteiger partial charge in [0.15, 0.2) is 0 Å². The highest BCUT2D eigenvalue weighted by atomic mass is 19.4. The highest BCUT2D eigenvalue weighted by Gasteiger charge is 2.30. The maximum atomic E-state index is 12.2. The van der Waals surface area contributed by atoms with Crippen LogP contribution in [0.15, 0.2) is 12.3 Å². The van der Waals surface area contributed by atoms with Crippen LogP contribution in [0.4, 0.5) is 13.2 Å². The van der Waals surface area contributed by atoms with Crippen molar-refractivity contribution < 1.29 is 18.3 Å².